The summed E-state index contributed by atoms with van der Waals surface area (Å²) in [7, 11) is 0. The lowest BCUT2D eigenvalue weighted by molar-refractivity contribution is 0.0728. The topological polar surface area (TPSA) is 26.3 Å². The van der Waals surface area contributed by atoms with E-state index in [9.17, 15) is 18.0 Å². The third-order valence-corrected chi connectivity index (χ3v) is 7.57. The molecule has 4 rings (SSSR count). The van der Waals surface area contributed by atoms with Gasteiger partial charge in [0.2, 0.25) is 0 Å². The number of hydrogen-bond donors (Lipinski definition) is 0. The zero-order chi connectivity index (χ0) is 26.4. The van der Waals surface area contributed by atoms with E-state index in [0.717, 1.165) is 50.5 Å². The third kappa shape index (κ3) is 6.44. The minimum Gasteiger partial charge on any atom is -0.423 e. The van der Waals surface area contributed by atoms with Crippen LogP contribution in [0.25, 0.3) is 11.1 Å². The van der Waals surface area contributed by atoms with Gasteiger partial charge in [0.15, 0.2) is 11.6 Å². The zero-order valence-corrected chi connectivity index (χ0v) is 21.7. The Bertz CT molecular complexity index is 1210. The Morgan fingerprint density at radius 3 is 2.19 bits per heavy atom. The van der Waals surface area contributed by atoms with E-state index in [1.807, 2.05) is 6.07 Å². The van der Waals surface area contributed by atoms with E-state index >= 15 is 0 Å². The predicted octanol–water partition coefficient (Wildman–Crippen LogP) is 9.41. The molecule has 0 atom stereocenters. The first-order valence-corrected chi connectivity index (χ1v) is 13.5. The van der Waals surface area contributed by atoms with Crippen LogP contribution in [0.2, 0.25) is 0 Å². The Kier molecular flexibility index (Phi) is 9.07. The van der Waals surface area contributed by atoms with Crippen LogP contribution in [0.4, 0.5) is 13.2 Å². The van der Waals surface area contributed by atoms with Crippen molar-refractivity contribution in [2.24, 2.45) is 5.92 Å². The van der Waals surface area contributed by atoms with Crippen molar-refractivity contribution < 1.29 is 22.7 Å². The van der Waals surface area contributed by atoms with Gasteiger partial charge in [0.25, 0.3) is 0 Å². The summed E-state index contributed by atoms with van der Waals surface area (Å²) in [6.45, 7) is 4.24. The fourth-order valence-electron chi connectivity index (χ4n) is 5.38. The molecule has 0 bridgehead atoms. The molecule has 5 heteroatoms. The van der Waals surface area contributed by atoms with Crippen molar-refractivity contribution in [3.8, 4) is 16.9 Å². The second-order valence-electron chi connectivity index (χ2n) is 10.2. The molecule has 196 valence electrons. The molecular formula is C32H35F3O2. The molecule has 0 heterocycles. The third-order valence-electron chi connectivity index (χ3n) is 7.57. The van der Waals surface area contributed by atoms with Crippen LogP contribution in [-0.2, 0) is 6.42 Å². The zero-order valence-electron chi connectivity index (χ0n) is 21.7. The molecule has 1 fully saturated rings. The highest BCUT2D eigenvalue weighted by atomic mass is 19.2. The molecule has 1 aliphatic carbocycles. The normalized spacial score (nSPS) is 17.5. The SMILES string of the molecule is CCCCc1ccc(-c2ccc(OC(=O)c3ccc(C4CCC(CCC)CC4)c(F)c3F)cc2)cc1F. The second-order valence-corrected chi connectivity index (χ2v) is 10.2. The lowest BCUT2D eigenvalue weighted by Crippen LogP contribution is -2.17. The van der Waals surface area contributed by atoms with Crippen molar-refractivity contribution in [1.29, 1.82) is 0 Å². The molecule has 0 unspecified atom stereocenters. The number of benzene rings is 3. The number of unbranched alkanes of at least 4 members (excludes halogenated alkanes) is 1. The smallest absolute Gasteiger partial charge is 0.346 e. The van der Waals surface area contributed by atoms with E-state index in [-0.39, 0.29) is 17.5 Å². The Labute approximate surface area is 217 Å². The summed E-state index contributed by atoms with van der Waals surface area (Å²) in [4.78, 5) is 12.6. The van der Waals surface area contributed by atoms with E-state index < -0.39 is 23.2 Å². The molecule has 3 aromatic rings. The molecule has 37 heavy (non-hydrogen) atoms. The molecular weight excluding hydrogens is 473 g/mol. The minimum absolute atomic E-state index is 0.0224. The maximum Gasteiger partial charge on any atom is 0.346 e. The van der Waals surface area contributed by atoms with Gasteiger partial charge in [-0.1, -0.05) is 63.4 Å². The van der Waals surface area contributed by atoms with E-state index in [4.69, 9.17) is 4.74 Å². The van der Waals surface area contributed by atoms with Crippen molar-refractivity contribution in [2.75, 3.05) is 0 Å². The standard InChI is InChI=1S/C32H35F3O2/c1-3-5-7-24-12-13-25(20-29(24)33)22-14-16-26(17-15-22)37-32(36)28-19-18-27(30(34)31(28)35)23-10-8-21(6-4-2)9-11-23/h12-21,23H,3-11H2,1-2H3. The van der Waals surface area contributed by atoms with E-state index in [2.05, 4.69) is 13.8 Å². The van der Waals surface area contributed by atoms with Gasteiger partial charge in [-0.05, 0) is 96.9 Å². The summed E-state index contributed by atoms with van der Waals surface area (Å²) in [6, 6.07) is 14.6. The van der Waals surface area contributed by atoms with Gasteiger partial charge in [-0.2, -0.15) is 0 Å². The lowest BCUT2D eigenvalue weighted by atomic mass is 9.77. The number of halogens is 3. The van der Waals surface area contributed by atoms with Gasteiger partial charge in [0, 0.05) is 0 Å². The minimum atomic E-state index is -1.16. The van der Waals surface area contributed by atoms with E-state index in [0.29, 0.717) is 29.0 Å². The van der Waals surface area contributed by atoms with Crippen molar-refractivity contribution in [1.82, 2.24) is 0 Å². The Balaban J connectivity index is 1.42. The molecule has 0 spiro atoms. The van der Waals surface area contributed by atoms with Crippen LogP contribution < -0.4 is 4.74 Å². The molecule has 0 radical (unpaired) electrons. The van der Waals surface area contributed by atoms with Crippen molar-refractivity contribution >= 4 is 5.97 Å². The first-order chi connectivity index (χ1) is 17.9. The van der Waals surface area contributed by atoms with Gasteiger partial charge in [0.05, 0.1) is 5.56 Å². The second kappa shape index (κ2) is 12.4. The van der Waals surface area contributed by atoms with Crippen LogP contribution >= 0.6 is 0 Å². The number of rotatable bonds is 9. The van der Waals surface area contributed by atoms with Crippen LogP contribution in [0, 0.1) is 23.4 Å². The highest BCUT2D eigenvalue weighted by Gasteiger charge is 2.27. The Morgan fingerprint density at radius 1 is 0.838 bits per heavy atom. The predicted molar refractivity (Wildman–Crippen MR) is 141 cm³/mol. The number of esters is 1. The van der Waals surface area contributed by atoms with Gasteiger partial charge < -0.3 is 4.74 Å². The van der Waals surface area contributed by atoms with Gasteiger partial charge in [-0.3, -0.25) is 0 Å². The molecule has 1 saturated carbocycles. The lowest BCUT2D eigenvalue weighted by Gasteiger charge is -2.29. The summed E-state index contributed by atoms with van der Waals surface area (Å²) in [5.74, 6) is -2.46. The van der Waals surface area contributed by atoms with E-state index in [1.54, 1.807) is 30.3 Å². The van der Waals surface area contributed by atoms with Crippen molar-refractivity contribution in [2.45, 2.75) is 77.6 Å². The maximum atomic E-state index is 14.9. The van der Waals surface area contributed by atoms with Crippen molar-refractivity contribution in [3.63, 3.8) is 0 Å². The fraction of sp³-hybridized carbons (Fsp3) is 0.406. The molecule has 0 aromatic heterocycles. The highest BCUT2D eigenvalue weighted by Crippen LogP contribution is 2.39. The number of ether oxygens (including phenoxy) is 1. The summed E-state index contributed by atoms with van der Waals surface area (Å²) in [6.07, 6.45) is 8.68. The number of carbonyl (C=O) groups excluding carboxylic acids is 1. The van der Waals surface area contributed by atoms with Gasteiger partial charge >= 0.3 is 5.97 Å². The van der Waals surface area contributed by atoms with E-state index in [1.165, 1.54) is 24.6 Å². The highest BCUT2D eigenvalue weighted by molar-refractivity contribution is 5.91. The van der Waals surface area contributed by atoms with Crippen LogP contribution in [-0.4, -0.2) is 5.97 Å². The first kappa shape index (κ1) is 27.0. The monoisotopic (exact) mass is 508 g/mol. The van der Waals surface area contributed by atoms with Crippen molar-refractivity contribution in [3.05, 3.63) is 88.7 Å². The summed E-state index contributed by atoms with van der Waals surface area (Å²) < 4.78 is 49.6. The molecule has 2 nitrogen and oxygen atoms in total. The van der Waals surface area contributed by atoms with Gasteiger partial charge in [0.1, 0.15) is 11.6 Å². The molecule has 0 N–H and O–H groups in total. The maximum absolute atomic E-state index is 14.9. The molecule has 3 aromatic carbocycles. The first-order valence-electron chi connectivity index (χ1n) is 13.5. The molecule has 0 saturated heterocycles. The largest absolute Gasteiger partial charge is 0.423 e. The number of carbonyl (C=O) groups is 1. The quantitative estimate of drug-likeness (QED) is 0.213. The number of hydrogen-bond acceptors (Lipinski definition) is 2. The van der Waals surface area contributed by atoms with Gasteiger partial charge in [-0.25, -0.2) is 18.0 Å². The molecule has 0 amide bonds. The average molecular weight is 509 g/mol. The van der Waals surface area contributed by atoms with Crippen LogP contribution in [0.15, 0.2) is 54.6 Å². The number of aryl methyl sites for hydroxylation is 1. The van der Waals surface area contributed by atoms with Crippen LogP contribution in [0.1, 0.15) is 92.6 Å². The molecule has 1 aliphatic rings. The fourth-order valence-corrected chi connectivity index (χ4v) is 5.38. The molecule has 0 aliphatic heterocycles. The Morgan fingerprint density at radius 2 is 1.54 bits per heavy atom. The Hall–Kier alpha value is -3.08. The average Bonchev–Trinajstić information content (AvgIpc) is 2.90. The van der Waals surface area contributed by atoms with Crippen LogP contribution in [0.5, 0.6) is 5.75 Å². The van der Waals surface area contributed by atoms with Crippen LogP contribution in [0.3, 0.4) is 0 Å². The van der Waals surface area contributed by atoms with Gasteiger partial charge in [-0.15, -0.1) is 0 Å². The summed E-state index contributed by atoms with van der Waals surface area (Å²) in [5, 5.41) is 0. The summed E-state index contributed by atoms with van der Waals surface area (Å²) in [5.41, 5.74) is 2.09. The summed E-state index contributed by atoms with van der Waals surface area (Å²) >= 11 is 0.